The zero-order valence-corrected chi connectivity index (χ0v) is 15.1. The summed E-state index contributed by atoms with van der Waals surface area (Å²) >= 11 is 0. The van der Waals surface area contributed by atoms with Crippen molar-refractivity contribution >= 4 is 21.8 Å². The molecule has 0 N–H and O–H groups in total. The Kier molecular flexibility index (Phi) is 4.17. The van der Waals surface area contributed by atoms with Crippen molar-refractivity contribution in [2.45, 2.75) is 20.5 Å². The minimum Gasteiger partial charge on any atom is -0.481 e. The monoisotopic (exact) mass is 344 g/mol. The molecule has 4 nitrogen and oxygen atoms in total. The van der Waals surface area contributed by atoms with E-state index in [4.69, 9.17) is 9.47 Å². The van der Waals surface area contributed by atoms with Crippen LogP contribution in [0.25, 0.3) is 21.8 Å². The third kappa shape index (κ3) is 2.84. The van der Waals surface area contributed by atoms with Gasteiger partial charge in [-0.25, -0.2) is 9.97 Å². The molecule has 0 saturated carbocycles. The lowest BCUT2D eigenvalue weighted by Crippen LogP contribution is -2.04. The number of ether oxygens (including phenoxy) is 2. The van der Waals surface area contributed by atoms with Gasteiger partial charge < -0.3 is 9.47 Å². The zero-order valence-electron chi connectivity index (χ0n) is 15.1. The lowest BCUT2D eigenvalue weighted by atomic mass is 10.0. The molecule has 0 unspecified atom stereocenters. The minimum atomic E-state index is 0.362. The van der Waals surface area contributed by atoms with Crippen molar-refractivity contribution < 1.29 is 9.47 Å². The molecule has 0 saturated heterocycles. The predicted octanol–water partition coefficient (Wildman–Crippen LogP) is 4.99. The van der Waals surface area contributed by atoms with Crippen molar-refractivity contribution in [3.05, 3.63) is 71.4 Å². The van der Waals surface area contributed by atoms with E-state index in [1.54, 1.807) is 7.11 Å². The van der Waals surface area contributed by atoms with Gasteiger partial charge in [0, 0.05) is 16.3 Å². The van der Waals surface area contributed by atoms with Gasteiger partial charge in [0.15, 0.2) is 5.75 Å². The summed E-state index contributed by atoms with van der Waals surface area (Å²) in [6.45, 7) is 4.49. The van der Waals surface area contributed by atoms with Crippen molar-refractivity contribution in [3.8, 4) is 11.6 Å². The molecule has 0 atom stereocenters. The molecule has 0 amide bonds. The molecule has 2 aromatic heterocycles. The first-order chi connectivity index (χ1) is 12.7. The second-order valence-corrected chi connectivity index (χ2v) is 6.33. The van der Waals surface area contributed by atoms with Crippen LogP contribution in [0.3, 0.4) is 0 Å². The molecule has 0 aliphatic rings. The summed E-state index contributed by atoms with van der Waals surface area (Å²) in [5.74, 6) is 1.17. The summed E-state index contributed by atoms with van der Waals surface area (Å²) in [5, 5.41) is 2.22. The number of fused-ring (bicyclic) bond motifs is 2. The van der Waals surface area contributed by atoms with E-state index in [1.807, 2.05) is 43.3 Å². The number of hydrogen-bond donors (Lipinski definition) is 0. The van der Waals surface area contributed by atoms with Crippen LogP contribution in [0.5, 0.6) is 11.6 Å². The lowest BCUT2D eigenvalue weighted by Gasteiger charge is -2.15. The summed E-state index contributed by atoms with van der Waals surface area (Å²) in [5.41, 5.74) is 4.95. The van der Waals surface area contributed by atoms with Gasteiger partial charge in [-0.2, -0.15) is 0 Å². The largest absolute Gasteiger partial charge is 0.481 e. The van der Waals surface area contributed by atoms with E-state index in [0.717, 1.165) is 33.1 Å². The Balaban J connectivity index is 1.71. The Morgan fingerprint density at radius 3 is 2.50 bits per heavy atom. The molecule has 130 valence electrons. The molecule has 0 spiro atoms. The number of para-hydroxylation sites is 1. The van der Waals surface area contributed by atoms with Gasteiger partial charge in [-0.15, -0.1) is 0 Å². The van der Waals surface area contributed by atoms with E-state index in [1.165, 1.54) is 5.56 Å². The van der Waals surface area contributed by atoms with Gasteiger partial charge in [0.05, 0.1) is 23.8 Å². The fourth-order valence-electron chi connectivity index (χ4n) is 3.31. The average molecular weight is 344 g/mol. The summed E-state index contributed by atoms with van der Waals surface area (Å²) in [7, 11) is 1.62. The summed E-state index contributed by atoms with van der Waals surface area (Å²) < 4.78 is 11.6. The molecule has 26 heavy (non-hydrogen) atoms. The molecule has 4 aromatic rings. The van der Waals surface area contributed by atoms with Gasteiger partial charge in [0.1, 0.15) is 6.61 Å². The van der Waals surface area contributed by atoms with Crippen molar-refractivity contribution in [2.75, 3.05) is 7.11 Å². The van der Waals surface area contributed by atoms with Crippen LogP contribution in [0, 0.1) is 13.8 Å². The SMILES string of the molecule is COc1nc2cccc(C)c2c(C)c1OCc1ccc2ccccc2n1. The van der Waals surface area contributed by atoms with Gasteiger partial charge in [-0.05, 0) is 37.6 Å². The van der Waals surface area contributed by atoms with E-state index in [0.29, 0.717) is 18.2 Å². The molecule has 0 radical (unpaired) electrons. The highest BCUT2D eigenvalue weighted by atomic mass is 16.5. The normalized spacial score (nSPS) is 11.0. The van der Waals surface area contributed by atoms with Crippen LogP contribution in [0.1, 0.15) is 16.8 Å². The average Bonchev–Trinajstić information content (AvgIpc) is 2.66. The fraction of sp³-hybridized carbons (Fsp3) is 0.182. The summed E-state index contributed by atoms with van der Waals surface area (Å²) in [6.07, 6.45) is 0. The smallest absolute Gasteiger partial charge is 0.257 e. The van der Waals surface area contributed by atoms with E-state index in [-0.39, 0.29) is 0 Å². The zero-order chi connectivity index (χ0) is 18.1. The molecule has 2 aromatic carbocycles. The summed E-state index contributed by atoms with van der Waals surface area (Å²) in [4.78, 5) is 9.28. The van der Waals surface area contributed by atoms with Crippen LogP contribution in [-0.2, 0) is 6.61 Å². The van der Waals surface area contributed by atoms with E-state index in [2.05, 4.69) is 35.1 Å². The number of methoxy groups -OCH3 is 1. The summed E-state index contributed by atoms with van der Waals surface area (Å²) in [6, 6.07) is 18.2. The van der Waals surface area contributed by atoms with Crippen LogP contribution >= 0.6 is 0 Å². The van der Waals surface area contributed by atoms with Gasteiger partial charge in [0.25, 0.3) is 5.88 Å². The van der Waals surface area contributed by atoms with E-state index in [9.17, 15) is 0 Å². The Morgan fingerprint density at radius 1 is 0.846 bits per heavy atom. The van der Waals surface area contributed by atoms with Crippen LogP contribution in [0.2, 0.25) is 0 Å². The maximum Gasteiger partial charge on any atom is 0.257 e. The van der Waals surface area contributed by atoms with E-state index >= 15 is 0 Å². The first-order valence-corrected chi connectivity index (χ1v) is 8.59. The molecule has 0 fully saturated rings. The molecule has 0 aliphatic heterocycles. The molecule has 2 heterocycles. The van der Waals surface area contributed by atoms with Gasteiger partial charge in [-0.1, -0.05) is 36.4 Å². The first-order valence-electron chi connectivity index (χ1n) is 8.59. The maximum absolute atomic E-state index is 6.11. The number of nitrogens with zero attached hydrogens (tertiary/aromatic N) is 2. The van der Waals surface area contributed by atoms with Crippen molar-refractivity contribution in [1.82, 2.24) is 9.97 Å². The maximum atomic E-state index is 6.11. The van der Waals surface area contributed by atoms with Gasteiger partial charge in [0.2, 0.25) is 0 Å². The highest BCUT2D eigenvalue weighted by molar-refractivity contribution is 5.88. The molecule has 4 heteroatoms. The van der Waals surface area contributed by atoms with Gasteiger partial charge in [-0.3, -0.25) is 0 Å². The quantitative estimate of drug-likeness (QED) is 0.523. The van der Waals surface area contributed by atoms with Crippen LogP contribution in [0.15, 0.2) is 54.6 Å². The number of benzene rings is 2. The molecule has 0 bridgehead atoms. The highest BCUT2D eigenvalue weighted by Crippen LogP contribution is 2.36. The third-order valence-corrected chi connectivity index (χ3v) is 4.60. The highest BCUT2D eigenvalue weighted by Gasteiger charge is 2.16. The first kappa shape index (κ1) is 16.3. The second kappa shape index (κ2) is 6.64. The van der Waals surface area contributed by atoms with Crippen molar-refractivity contribution in [3.63, 3.8) is 0 Å². The third-order valence-electron chi connectivity index (χ3n) is 4.60. The second-order valence-electron chi connectivity index (χ2n) is 6.33. The topological polar surface area (TPSA) is 44.2 Å². The number of aromatic nitrogens is 2. The lowest BCUT2D eigenvalue weighted by molar-refractivity contribution is 0.275. The van der Waals surface area contributed by atoms with Crippen LogP contribution < -0.4 is 9.47 Å². The van der Waals surface area contributed by atoms with Crippen molar-refractivity contribution in [2.24, 2.45) is 0 Å². The Morgan fingerprint density at radius 2 is 1.65 bits per heavy atom. The number of aryl methyl sites for hydroxylation is 2. The molecule has 0 aliphatic carbocycles. The van der Waals surface area contributed by atoms with E-state index < -0.39 is 0 Å². The Labute approximate surface area is 152 Å². The predicted molar refractivity (Wildman–Crippen MR) is 104 cm³/mol. The standard InChI is InChI=1S/C22H20N2O2/c1-14-7-6-10-19-20(14)15(2)21(22(24-19)25-3)26-13-17-12-11-16-8-4-5-9-18(16)23-17/h4-12H,13H2,1-3H3. The molecule has 4 rings (SSSR count). The number of rotatable bonds is 4. The van der Waals surface area contributed by atoms with Crippen LogP contribution in [0.4, 0.5) is 0 Å². The Bertz CT molecular complexity index is 1110. The Hall–Kier alpha value is -3.14. The number of hydrogen-bond acceptors (Lipinski definition) is 4. The molecular formula is C22H20N2O2. The fourth-order valence-corrected chi connectivity index (χ4v) is 3.31. The number of pyridine rings is 2. The van der Waals surface area contributed by atoms with Gasteiger partial charge >= 0.3 is 0 Å². The molecular weight excluding hydrogens is 324 g/mol. The minimum absolute atomic E-state index is 0.362. The van der Waals surface area contributed by atoms with Crippen molar-refractivity contribution in [1.29, 1.82) is 0 Å². The van der Waals surface area contributed by atoms with Crippen LogP contribution in [-0.4, -0.2) is 17.1 Å².